The highest BCUT2D eigenvalue weighted by atomic mass is 16.5. The summed E-state index contributed by atoms with van der Waals surface area (Å²) >= 11 is 0. The molecule has 4 aromatic rings. The minimum Gasteiger partial charge on any atom is -0.493 e. The van der Waals surface area contributed by atoms with Crippen molar-refractivity contribution in [1.29, 1.82) is 0 Å². The predicted molar refractivity (Wildman–Crippen MR) is 134 cm³/mol. The number of nitrogens with zero attached hydrogens (tertiary/aromatic N) is 3. The van der Waals surface area contributed by atoms with Crippen molar-refractivity contribution >= 4 is 17.6 Å². The Morgan fingerprint density at radius 3 is 2.44 bits per heavy atom. The molecule has 0 saturated heterocycles. The van der Waals surface area contributed by atoms with Crippen LogP contribution >= 0.6 is 0 Å². The Morgan fingerprint density at radius 1 is 1.00 bits per heavy atom. The van der Waals surface area contributed by atoms with Gasteiger partial charge in [0, 0.05) is 29.7 Å². The maximum Gasteiger partial charge on any atom is 0.341 e. The van der Waals surface area contributed by atoms with Gasteiger partial charge in [0.15, 0.2) is 11.5 Å². The molecule has 0 fully saturated rings. The average Bonchev–Trinajstić information content (AvgIpc) is 3.29. The van der Waals surface area contributed by atoms with Gasteiger partial charge in [-0.05, 0) is 67.9 Å². The third-order valence-corrected chi connectivity index (χ3v) is 5.44. The van der Waals surface area contributed by atoms with Gasteiger partial charge in [0.1, 0.15) is 12.2 Å². The van der Waals surface area contributed by atoms with E-state index < -0.39 is 5.97 Å². The number of esters is 1. The van der Waals surface area contributed by atoms with Crippen molar-refractivity contribution in [3.05, 3.63) is 95.6 Å². The van der Waals surface area contributed by atoms with Crippen LogP contribution in [-0.4, -0.2) is 40.4 Å². The van der Waals surface area contributed by atoms with Crippen molar-refractivity contribution in [2.45, 2.75) is 20.5 Å². The molecular formula is C27H26N4O5. The van der Waals surface area contributed by atoms with Crippen LogP contribution in [0.1, 0.15) is 38.9 Å². The van der Waals surface area contributed by atoms with Gasteiger partial charge in [-0.25, -0.2) is 9.48 Å². The summed E-state index contributed by atoms with van der Waals surface area (Å²) in [6, 6.07) is 15.9. The highest BCUT2D eigenvalue weighted by Gasteiger charge is 2.16. The number of carbonyl (C=O) groups excluding carboxylic acids is 2. The Balaban J connectivity index is 1.46. The standard InChI is InChI=1S/C27H26N4O5/c1-4-35-27(33)23-16-29-31(18(23)2)22-8-5-20(6-9-22)26(32)30-21-7-10-24(34-3)25(15-21)36-17-19-11-13-28-14-12-19/h5-16H,4,17H2,1-3H3,(H,30,32). The quantitative estimate of drug-likeness (QED) is 0.345. The van der Waals surface area contributed by atoms with Crippen molar-refractivity contribution in [3.8, 4) is 17.2 Å². The summed E-state index contributed by atoms with van der Waals surface area (Å²) in [4.78, 5) is 28.9. The second-order valence-corrected chi connectivity index (χ2v) is 7.79. The van der Waals surface area contributed by atoms with E-state index in [4.69, 9.17) is 14.2 Å². The molecule has 2 heterocycles. The summed E-state index contributed by atoms with van der Waals surface area (Å²) < 4.78 is 18.0. The maximum absolute atomic E-state index is 12.9. The fraction of sp³-hybridized carbons (Fsp3) is 0.185. The molecule has 0 radical (unpaired) electrons. The van der Waals surface area contributed by atoms with Crippen LogP contribution in [0.3, 0.4) is 0 Å². The Kier molecular flexibility index (Phi) is 7.60. The van der Waals surface area contributed by atoms with Crippen molar-refractivity contribution in [3.63, 3.8) is 0 Å². The SMILES string of the molecule is CCOC(=O)c1cnn(-c2ccc(C(=O)Nc3ccc(OC)c(OCc4ccncc4)c3)cc2)c1C. The zero-order chi connectivity index (χ0) is 25.5. The summed E-state index contributed by atoms with van der Waals surface area (Å²) in [6.07, 6.45) is 4.88. The summed E-state index contributed by atoms with van der Waals surface area (Å²) in [5.74, 6) is 0.370. The summed E-state index contributed by atoms with van der Waals surface area (Å²) in [7, 11) is 1.56. The van der Waals surface area contributed by atoms with Crippen LogP contribution in [0.2, 0.25) is 0 Å². The number of anilines is 1. The Bertz CT molecular complexity index is 1350. The monoisotopic (exact) mass is 486 g/mol. The number of ether oxygens (including phenoxy) is 3. The third kappa shape index (κ3) is 5.52. The largest absolute Gasteiger partial charge is 0.493 e. The van der Waals surface area contributed by atoms with Crippen LogP contribution in [0, 0.1) is 6.92 Å². The van der Waals surface area contributed by atoms with E-state index in [2.05, 4.69) is 15.4 Å². The second-order valence-electron chi connectivity index (χ2n) is 7.79. The zero-order valence-electron chi connectivity index (χ0n) is 20.2. The number of rotatable bonds is 9. The number of benzene rings is 2. The number of amides is 1. The Morgan fingerprint density at radius 2 is 1.75 bits per heavy atom. The summed E-state index contributed by atoms with van der Waals surface area (Å²) in [5.41, 5.74) is 3.77. The minimum atomic E-state index is -0.416. The molecular weight excluding hydrogens is 460 g/mol. The summed E-state index contributed by atoms with van der Waals surface area (Å²) in [5, 5.41) is 7.17. The lowest BCUT2D eigenvalue weighted by Gasteiger charge is -2.13. The van der Waals surface area contributed by atoms with Crippen LogP contribution in [0.15, 0.2) is 73.2 Å². The first-order chi connectivity index (χ1) is 17.5. The highest BCUT2D eigenvalue weighted by molar-refractivity contribution is 6.04. The van der Waals surface area contributed by atoms with Gasteiger partial charge in [-0.3, -0.25) is 9.78 Å². The lowest BCUT2D eigenvalue weighted by Crippen LogP contribution is -2.12. The first-order valence-electron chi connectivity index (χ1n) is 11.3. The van der Waals surface area contributed by atoms with E-state index in [9.17, 15) is 9.59 Å². The molecule has 1 amide bonds. The van der Waals surface area contributed by atoms with Gasteiger partial charge in [0.2, 0.25) is 0 Å². The highest BCUT2D eigenvalue weighted by Crippen LogP contribution is 2.31. The van der Waals surface area contributed by atoms with Gasteiger partial charge in [0.05, 0.1) is 31.3 Å². The molecule has 0 unspecified atom stereocenters. The number of hydrogen-bond donors (Lipinski definition) is 1. The van der Waals surface area contributed by atoms with E-state index in [1.807, 2.05) is 12.1 Å². The molecule has 0 aliphatic carbocycles. The number of methoxy groups -OCH3 is 1. The van der Waals surface area contributed by atoms with Gasteiger partial charge in [0.25, 0.3) is 5.91 Å². The van der Waals surface area contributed by atoms with Gasteiger partial charge in [-0.1, -0.05) is 0 Å². The lowest BCUT2D eigenvalue weighted by molar-refractivity contribution is 0.0525. The molecule has 9 nitrogen and oxygen atoms in total. The first kappa shape index (κ1) is 24.5. The van der Waals surface area contributed by atoms with E-state index in [1.165, 1.54) is 6.20 Å². The van der Waals surface area contributed by atoms with Crippen LogP contribution in [0.4, 0.5) is 5.69 Å². The molecule has 36 heavy (non-hydrogen) atoms. The molecule has 0 atom stereocenters. The fourth-order valence-corrected chi connectivity index (χ4v) is 3.54. The molecule has 4 rings (SSSR count). The molecule has 2 aromatic carbocycles. The first-order valence-corrected chi connectivity index (χ1v) is 11.3. The molecule has 0 spiro atoms. The van der Waals surface area contributed by atoms with E-state index in [0.29, 0.717) is 47.2 Å². The number of hydrogen-bond acceptors (Lipinski definition) is 7. The van der Waals surface area contributed by atoms with E-state index in [-0.39, 0.29) is 5.91 Å². The molecule has 0 bridgehead atoms. The van der Waals surface area contributed by atoms with Crippen molar-refractivity contribution in [2.24, 2.45) is 0 Å². The van der Waals surface area contributed by atoms with Gasteiger partial charge in [-0.15, -0.1) is 0 Å². The molecule has 184 valence electrons. The van der Waals surface area contributed by atoms with Crippen molar-refractivity contribution < 1.29 is 23.8 Å². The molecule has 1 N–H and O–H groups in total. The number of pyridine rings is 1. The Hall–Kier alpha value is -4.66. The second kappa shape index (κ2) is 11.2. The van der Waals surface area contributed by atoms with Gasteiger partial charge in [-0.2, -0.15) is 5.10 Å². The third-order valence-electron chi connectivity index (χ3n) is 5.44. The smallest absolute Gasteiger partial charge is 0.341 e. The zero-order valence-corrected chi connectivity index (χ0v) is 20.2. The van der Waals surface area contributed by atoms with Gasteiger partial charge >= 0.3 is 5.97 Å². The van der Waals surface area contributed by atoms with Crippen LogP contribution < -0.4 is 14.8 Å². The maximum atomic E-state index is 12.9. The fourth-order valence-electron chi connectivity index (χ4n) is 3.54. The molecule has 0 aliphatic rings. The van der Waals surface area contributed by atoms with Crippen LogP contribution in [0.25, 0.3) is 5.69 Å². The molecule has 0 saturated carbocycles. The minimum absolute atomic E-state index is 0.281. The molecule has 9 heteroatoms. The number of aromatic nitrogens is 3. The predicted octanol–water partition coefficient (Wildman–Crippen LogP) is 4.59. The normalized spacial score (nSPS) is 10.5. The lowest BCUT2D eigenvalue weighted by atomic mass is 10.1. The van der Waals surface area contributed by atoms with Crippen LogP contribution in [-0.2, 0) is 11.3 Å². The van der Waals surface area contributed by atoms with E-state index in [0.717, 1.165) is 11.3 Å². The van der Waals surface area contributed by atoms with Crippen molar-refractivity contribution in [1.82, 2.24) is 14.8 Å². The number of carbonyl (C=O) groups is 2. The molecule has 2 aromatic heterocycles. The van der Waals surface area contributed by atoms with Crippen LogP contribution in [0.5, 0.6) is 11.5 Å². The molecule has 0 aliphatic heterocycles. The average molecular weight is 487 g/mol. The van der Waals surface area contributed by atoms with E-state index in [1.54, 1.807) is 80.5 Å². The summed E-state index contributed by atoms with van der Waals surface area (Å²) in [6.45, 7) is 4.17. The van der Waals surface area contributed by atoms with E-state index >= 15 is 0 Å². The Labute approximate surface area is 208 Å². The van der Waals surface area contributed by atoms with Gasteiger partial charge < -0.3 is 19.5 Å². The van der Waals surface area contributed by atoms with Crippen molar-refractivity contribution in [2.75, 3.05) is 19.0 Å². The number of nitrogens with one attached hydrogen (secondary N) is 1. The topological polar surface area (TPSA) is 105 Å².